The van der Waals surface area contributed by atoms with E-state index in [0.717, 1.165) is 25.9 Å². The van der Waals surface area contributed by atoms with Gasteiger partial charge in [0.05, 0.1) is 6.61 Å². The van der Waals surface area contributed by atoms with Crippen LogP contribution in [0.2, 0.25) is 0 Å². The molecule has 0 aliphatic heterocycles. The van der Waals surface area contributed by atoms with Crippen LogP contribution in [0.4, 0.5) is 0 Å². The first-order valence-electron chi connectivity index (χ1n) is 10.7. The monoisotopic (exact) mass is 390 g/mol. The first-order chi connectivity index (χ1) is 13.0. The molecule has 0 aliphatic carbocycles. The molecule has 0 spiro atoms. The lowest BCUT2D eigenvalue weighted by atomic mass is 10.1. The Bertz CT molecular complexity index is 344. The first-order valence-corrected chi connectivity index (χ1v) is 10.7. The van der Waals surface area contributed by atoms with E-state index in [2.05, 4.69) is 17.6 Å². The van der Waals surface area contributed by atoms with Crippen LogP contribution < -0.4 is 10.6 Å². The molecule has 3 atom stereocenters. The lowest BCUT2D eigenvalue weighted by Crippen LogP contribution is -2.48. The zero-order valence-electron chi connectivity index (χ0n) is 17.0. The summed E-state index contributed by atoms with van der Waals surface area (Å²) in [6, 6.07) is 0. The van der Waals surface area contributed by atoms with Crippen LogP contribution in [-0.2, 0) is 4.79 Å². The van der Waals surface area contributed by atoms with Crippen molar-refractivity contribution in [1.29, 1.82) is 0 Å². The smallest absolute Gasteiger partial charge is 0.251 e. The largest absolute Gasteiger partial charge is 0.394 e. The zero-order chi connectivity index (χ0) is 20.3. The van der Waals surface area contributed by atoms with Crippen molar-refractivity contribution in [2.24, 2.45) is 0 Å². The van der Waals surface area contributed by atoms with E-state index in [-0.39, 0.29) is 0 Å². The number of unbranched alkanes of at least 4 members (excludes halogenated alkanes) is 9. The van der Waals surface area contributed by atoms with Crippen LogP contribution in [0, 0.1) is 0 Å². The summed E-state index contributed by atoms with van der Waals surface area (Å²) in [6.45, 7) is 3.65. The Hall–Kier alpha value is -0.730. The van der Waals surface area contributed by atoms with Crippen LogP contribution in [0.15, 0.2) is 0 Å². The zero-order valence-corrected chi connectivity index (χ0v) is 17.0. The molecule has 0 rings (SSSR count). The summed E-state index contributed by atoms with van der Waals surface area (Å²) in [4.78, 5) is 11.6. The molecule has 0 unspecified atom stereocenters. The average Bonchev–Trinajstić information content (AvgIpc) is 2.68. The molecule has 0 aliphatic rings. The van der Waals surface area contributed by atoms with Gasteiger partial charge in [-0.3, -0.25) is 4.79 Å². The molecule has 162 valence electrons. The number of nitrogens with one attached hydrogen (secondary N) is 2. The average molecular weight is 391 g/mol. The number of aliphatic hydroxyl groups excluding tert-OH is 4. The van der Waals surface area contributed by atoms with Gasteiger partial charge in [-0.15, -0.1) is 0 Å². The molecule has 0 aromatic rings. The van der Waals surface area contributed by atoms with Crippen molar-refractivity contribution >= 4 is 5.91 Å². The Morgan fingerprint density at radius 2 is 1.30 bits per heavy atom. The summed E-state index contributed by atoms with van der Waals surface area (Å²) in [5, 5.41) is 42.7. The summed E-state index contributed by atoms with van der Waals surface area (Å²) in [6.07, 6.45) is 8.93. The Kier molecular flexibility index (Phi) is 18.1. The fourth-order valence-electron chi connectivity index (χ4n) is 2.87. The van der Waals surface area contributed by atoms with Crippen LogP contribution in [0.5, 0.6) is 0 Å². The van der Waals surface area contributed by atoms with Gasteiger partial charge in [0.1, 0.15) is 12.2 Å². The minimum Gasteiger partial charge on any atom is -0.394 e. The molecule has 7 nitrogen and oxygen atoms in total. The number of amides is 1. The predicted octanol–water partition coefficient (Wildman–Crippen LogP) is 1.08. The van der Waals surface area contributed by atoms with Crippen molar-refractivity contribution < 1.29 is 25.2 Å². The third-order valence-electron chi connectivity index (χ3n) is 4.71. The Balaban J connectivity index is 3.36. The van der Waals surface area contributed by atoms with Gasteiger partial charge in [-0.25, -0.2) is 0 Å². The van der Waals surface area contributed by atoms with Gasteiger partial charge in [-0.1, -0.05) is 64.7 Å². The van der Waals surface area contributed by atoms with Crippen molar-refractivity contribution in [2.75, 3.05) is 26.2 Å². The Morgan fingerprint density at radius 1 is 0.778 bits per heavy atom. The second-order valence-corrected chi connectivity index (χ2v) is 7.26. The highest BCUT2D eigenvalue weighted by molar-refractivity contribution is 5.81. The van der Waals surface area contributed by atoms with E-state index in [9.17, 15) is 20.1 Å². The van der Waals surface area contributed by atoms with Crippen LogP contribution in [-0.4, -0.2) is 70.9 Å². The van der Waals surface area contributed by atoms with Crippen LogP contribution in [0.25, 0.3) is 0 Å². The summed E-state index contributed by atoms with van der Waals surface area (Å²) in [5.74, 6) is -0.746. The number of rotatable bonds is 19. The van der Waals surface area contributed by atoms with Gasteiger partial charge in [0, 0.05) is 6.54 Å². The van der Waals surface area contributed by atoms with E-state index < -0.39 is 30.8 Å². The maximum atomic E-state index is 11.6. The molecule has 0 bridgehead atoms. The number of aliphatic hydroxyl groups is 4. The minimum atomic E-state index is -1.74. The number of carbonyl (C=O) groups excluding carboxylic acids is 1. The van der Waals surface area contributed by atoms with Crippen molar-refractivity contribution in [3.63, 3.8) is 0 Å². The van der Waals surface area contributed by atoms with E-state index in [0.29, 0.717) is 6.54 Å². The van der Waals surface area contributed by atoms with Gasteiger partial charge in [-0.2, -0.15) is 0 Å². The minimum absolute atomic E-state index is 0.378. The van der Waals surface area contributed by atoms with Gasteiger partial charge >= 0.3 is 0 Å². The second kappa shape index (κ2) is 18.6. The summed E-state index contributed by atoms with van der Waals surface area (Å²) < 4.78 is 0. The second-order valence-electron chi connectivity index (χ2n) is 7.26. The van der Waals surface area contributed by atoms with Crippen molar-refractivity contribution in [3.05, 3.63) is 0 Å². The highest BCUT2D eigenvalue weighted by atomic mass is 16.4. The first kappa shape index (κ1) is 26.3. The Labute approximate surface area is 164 Å². The lowest BCUT2D eigenvalue weighted by Gasteiger charge is -2.20. The quantitative estimate of drug-likeness (QED) is 0.184. The molecule has 6 N–H and O–H groups in total. The molecular weight excluding hydrogens is 348 g/mol. The molecule has 7 heteroatoms. The highest BCUT2D eigenvalue weighted by Gasteiger charge is 2.29. The number of hydrogen-bond donors (Lipinski definition) is 6. The van der Waals surface area contributed by atoms with Crippen LogP contribution in [0.1, 0.15) is 77.6 Å². The van der Waals surface area contributed by atoms with Gasteiger partial charge in [0.15, 0.2) is 6.10 Å². The van der Waals surface area contributed by atoms with E-state index in [4.69, 9.17) is 5.11 Å². The number of carbonyl (C=O) groups is 1. The van der Waals surface area contributed by atoms with E-state index >= 15 is 0 Å². The standard InChI is InChI=1S/C20H42N2O5/c1-2-3-4-5-6-7-8-9-10-11-13-21-14-12-15-22-20(27)19(26)18(25)17(24)16-23/h17-19,21,23-26H,2-16H2,1H3,(H,22,27)/t17-,18-,19-/m1/s1. The lowest BCUT2D eigenvalue weighted by molar-refractivity contribution is -0.142. The molecule has 0 saturated carbocycles. The molecular formula is C20H42N2O5. The summed E-state index contributed by atoms with van der Waals surface area (Å²) in [5.41, 5.74) is 0. The van der Waals surface area contributed by atoms with E-state index in [1.165, 1.54) is 57.8 Å². The van der Waals surface area contributed by atoms with E-state index in [1.54, 1.807) is 0 Å². The van der Waals surface area contributed by atoms with Crippen molar-refractivity contribution in [2.45, 2.75) is 95.9 Å². The molecule has 0 fully saturated rings. The molecule has 0 saturated heterocycles. The Morgan fingerprint density at radius 3 is 1.85 bits per heavy atom. The van der Waals surface area contributed by atoms with E-state index in [1.807, 2.05) is 0 Å². The SMILES string of the molecule is CCCCCCCCCCCCNCCCNC(=O)[C@H](O)[C@H](O)[C@H](O)CO. The third kappa shape index (κ3) is 14.9. The van der Waals surface area contributed by atoms with Gasteiger partial charge in [0.2, 0.25) is 0 Å². The normalized spacial score (nSPS) is 14.7. The molecule has 1 amide bonds. The molecule has 0 aromatic heterocycles. The van der Waals surface area contributed by atoms with Gasteiger partial charge < -0.3 is 31.1 Å². The summed E-state index contributed by atoms with van der Waals surface area (Å²) >= 11 is 0. The fraction of sp³-hybridized carbons (Fsp3) is 0.950. The van der Waals surface area contributed by atoms with Crippen molar-refractivity contribution in [1.82, 2.24) is 10.6 Å². The molecule has 0 heterocycles. The molecule has 0 aromatic carbocycles. The fourth-order valence-corrected chi connectivity index (χ4v) is 2.87. The van der Waals surface area contributed by atoms with Crippen LogP contribution in [0.3, 0.4) is 0 Å². The summed E-state index contributed by atoms with van der Waals surface area (Å²) in [7, 11) is 0. The maximum absolute atomic E-state index is 11.6. The van der Waals surface area contributed by atoms with Gasteiger partial charge in [0.25, 0.3) is 5.91 Å². The van der Waals surface area contributed by atoms with Crippen molar-refractivity contribution in [3.8, 4) is 0 Å². The number of hydrogen-bond acceptors (Lipinski definition) is 6. The maximum Gasteiger partial charge on any atom is 0.251 e. The molecule has 27 heavy (non-hydrogen) atoms. The van der Waals surface area contributed by atoms with Crippen LogP contribution >= 0.6 is 0 Å². The highest BCUT2D eigenvalue weighted by Crippen LogP contribution is 2.10. The predicted molar refractivity (Wildman–Crippen MR) is 107 cm³/mol. The topological polar surface area (TPSA) is 122 Å². The third-order valence-corrected chi connectivity index (χ3v) is 4.71. The van der Waals surface area contributed by atoms with Gasteiger partial charge in [-0.05, 0) is 25.9 Å². The molecule has 0 radical (unpaired) electrons.